The normalized spacial score (nSPS) is 24.8. The molecule has 11 nitrogen and oxygen atoms in total. The Bertz CT molecular complexity index is 804. The van der Waals surface area contributed by atoms with Crippen LogP contribution in [0.15, 0.2) is 12.7 Å². The Hall–Kier alpha value is -1.89. The van der Waals surface area contributed by atoms with Gasteiger partial charge in [0.15, 0.2) is 17.7 Å². The van der Waals surface area contributed by atoms with E-state index < -0.39 is 24.5 Å². The minimum absolute atomic E-state index is 0.244. The predicted molar refractivity (Wildman–Crippen MR) is 118 cm³/mol. The average Bonchev–Trinajstić information content (AvgIpc) is 3.31. The van der Waals surface area contributed by atoms with Crippen LogP contribution in [0.1, 0.15) is 51.2 Å². The maximum atomic E-state index is 10.6. The Balaban J connectivity index is 1.54. The quantitative estimate of drug-likeness (QED) is 0.226. The number of nitrogens with one attached hydrogen (secondary N) is 1. The highest BCUT2D eigenvalue weighted by molar-refractivity contribution is 5.81. The molecule has 3 heterocycles. The summed E-state index contributed by atoms with van der Waals surface area (Å²) >= 11 is 0. The molecular weight excluding hydrogens is 400 g/mol. The van der Waals surface area contributed by atoms with E-state index >= 15 is 0 Å². The molecule has 1 fully saturated rings. The molecule has 5 atom stereocenters. The highest BCUT2D eigenvalue weighted by atomic mass is 16.6. The molecule has 0 radical (unpaired) electrons. The largest absolute Gasteiger partial charge is 0.387 e. The Labute approximate surface area is 182 Å². The van der Waals surface area contributed by atoms with Gasteiger partial charge in [-0.3, -0.25) is 4.57 Å². The van der Waals surface area contributed by atoms with Gasteiger partial charge in [-0.25, -0.2) is 15.0 Å². The highest BCUT2D eigenvalue weighted by Crippen LogP contribution is 2.31. The third kappa shape index (κ3) is 5.88. The number of imidazole rings is 1. The highest BCUT2D eigenvalue weighted by Gasteiger charge is 2.44. The monoisotopic (exact) mass is 436 g/mol. The number of aliphatic hydroxyl groups is 2. The summed E-state index contributed by atoms with van der Waals surface area (Å²) in [6, 6.07) is 0.244. The zero-order valence-electron chi connectivity index (χ0n) is 17.9. The van der Waals surface area contributed by atoms with Gasteiger partial charge in [0.1, 0.15) is 30.2 Å². The van der Waals surface area contributed by atoms with Gasteiger partial charge in [-0.05, 0) is 32.4 Å². The van der Waals surface area contributed by atoms with Crippen molar-refractivity contribution in [2.24, 2.45) is 11.5 Å². The van der Waals surface area contributed by atoms with Gasteiger partial charge in [-0.1, -0.05) is 25.7 Å². The summed E-state index contributed by atoms with van der Waals surface area (Å²) in [7, 11) is 0. The molecule has 1 unspecified atom stereocenters. The van der Waals surface area contributed by atoms with Crippen molar-refractivity contribution in [1.29, 1.82) is 0 Å². The van der Waals surface area contributed by atoms with Crippen molar-refractivity contribution >= 4 is 17.0 Å². The zero-order chi connectivity index (χ0) is 22.2. The third-order valence-electron chi connectivity index (χ3n) is 5.88. The lowest BCUT2D eigenvalue weighted by atomic mass is 10.0. The average molecular weight is 437 g/mol. The van der Waals surface area contributed by atoms with E-state index in [9.17, 15) is 10.2 Å². The molecule has 0 saturated carbocycles. The van der Waals surface area contributed by atoms with Crippen molar-refractivity contribution in [3.05, 3.63) is 12.7 Å². The van der Waals surface area contributed by atoms with E-state index in [1.807, 2.05) is 0 Å². The molecule has 9 N–H and O–H groups in total. The molecule has 0 spiro atoms. The second kappa shape index (κ2) is 11.7. The summed E-state index contributed by atoms with van der Waals surface area (Å²) in [5.41, 5.74) is 18.0. The molecule has 174 valence electrons. The van der Waals surface area contributed by atoms with Crippen LogP contribution in [0.2, 0.25) is 0 Å². The minimum Gasteiger partial charge on any atom is -0.387 e. The van der Waals surface area contributed by atoms with E-state index in [1.165, 1.54) is 31.9 Å². The van der Waals surface area contributed by atoms with Gasteiger partial charge >= 0.3 is 0 Å². The van der Waals surface area contributed by atoms with E-state index in [4.69, 9.17) is 21.9 Å². The van der Waals surface area contributed by atoms with Crippen LogP contribution < -0.4 is 22.5 Å². The predicted octanol–water partition coefficient (Wildman–Crippen LogP) is -0.366. The molecule has 1 aliphatic heterocycles. The maximum absolute atomic E-state index is 10.6. The molecule has 0 amide bonds. The lowest BCUT2D eigenvalue weighted by Gasteiger charge is -2.22. The van der Waals surface area contributed by atoms with Crippen LogP contribution in [0.4, 0.5) is 5.82 Å². The van der Waals surface area contributed by atoms with Gasteiger partial charge in [-0.15, -0.1) is 0 Å². The first-order valence-electron chi connectivity index (χ1n) is 11.1. The summed E-state index contributed by atoms with van der Waals surface area (Å²) in [6.07, 6.45) is 6.89. The first kappa shape index (κ1) is 23.8. The molecule has 11 heteroatoms. The number of ether oxygens (including phenoxy) is 1. The Morgan fingerprint density at radius 2 is 1.77 bits per heavy atom. The molecule has 0 bridgehead atoms. The van der Waals surface area contributed by atoms with Crippen molar-refractivity contribution in [2.75, 3.05) is 25.4 Å². The van der Waals surface area contributed by atoms with Crippen molar-refractivity contribution in [3.63, 3.8) is 0 Å². The first-order valence-corrected chi connectivity index (χ1v) is 11.1. The van der Waals surface area contributed by atoms with E-state index in [2.05, 4.69) is 20.3 Å². The number of hydrogen-bond acceptors (Lipinski definition) is 10. The number of anilines is 1. The van der Waals surface area contributed by atoms with Gasteiger partial charge in [0, 0.05) is 12.6 Å². The zero-order valence-corrected chi connectivity index (χ0v) is 17.9. The van der Waals surface area contributed by atoms with E-state index in [-0.39, 0.29) is 11.9 Å². The summed E-state index contributed by atoms with van der Waals surface area (Å²) < 4.78 is 7.58. The first-order chi connectivity index (χ1) is 15.1. The molecule has 3 rings (SSSR count). The van der Waals surface area contributed by atoms with Crippen LogP contribution >= 0.6 is 0 Å². The summed E-state index contributed by atoms with van der Waals surface area (Å²) in [5.74, 6) is 0.252. The fourth-order valence-electron chi connectivity index (χ4n) is 4.08. The topological polar surface area (TPSA) is 183 Å². The number of fused-ring (bicyclic) bond motifs is 1. The number of nitrogen functional groups attached to an aromatic ring is 1. The van der Waals surface area contributed by atoms with E-state index in [0.29, 0.717) is 24.3 Å². The second-order valence-corrected chi connectivity index (χ2v) is 8.16. The fraction of sp³-hybridized carbons (Fsp3) is 0.750. The van der Waals surface area contributed by atoms with Crippen LogP contribution in [0.3, 0.4) is 0 Å². The van der Waals surface area contributed by atoms with Crippen LogP contribution in [0.5, 0.6) is 0 Å². The number of rotatable bonds is 13. The van der Waals surface area contributed by atoms with Gasteiger partial charge in [0.05, 0.1) is 6.33 Å². The smallest absolute Gasteiger partial charge is 0.167 e. The van der Waals surface area contributed by atoms with Gasteiger partial charge < -0.3 is 37.5 Å². The Morgan fingerprint density at radius 1 is 1.00 bits per heavy atom. The van der Waals surface area contributed by atoms with Crippen molar-refractivity contribution in [1.82, 2.24) is 24.8 Å². The fourth-order valence-corrected chi connectivity index (χ4v) is 4.08. The number of unbranched alkanes of at least 4 members (excludes halogenated alkanes) is 4. The number of hydrogen-bond donors (Lipinski definition) is 6. The summed E-state index contributed by atoms with van der Waals surface area (Å²) in [6.45, 7) is 1.76. The maximum Gasteiger partial charge on any atom is 0.167 e. The van der Waals surface area contributed by atoms with Crippen LogP contribution in [-0.4, -0.2) is 73.7 Å². The number of aromatic nitrogens is 4. The molecular formula is C20H36N8O3. The third-order valence-corrected chi connectivity index (χ3v) is 5.88. The minimum atomic E-state index is -1.11. The van der Waals surface area contributed by atoms with Gasteiger partial charge in [0.2, 0.25) is 0 Å². The molecule has 2 aromatic rings. The summed E-state index contributed by atoms with van der Waals surface area (Å²) in [5, 5.41) is 24.6. The standard InChI is InChI=1S/C20H36N8O3/c21-8-5-3-1-2-4-6-13(7-9-22)24-10-14-16(29)17(30)20(31-14)28-12-27-15-18(23)25-11-26-19(15)28/h11-14,16-17,20,24,29-30H,1-10,21-22H2,(H2,23,25,26)/t13?,14-,16-,17-,20-/m1/s1. The van der Waals surface area contributed by atoms with Crippen LogP contribution in [0.25, 0.3) is 11.2 Å². The molecule has 31 heavy (non-hydrogen) atoms. The van der Waals surface area contributed by atoms with E-state index in [1.54, 1.807) is 4.57 Å². The molecule has 0 aromatic carbocycles. The lowest BCUT2D eigenvalue weighted by molar-refractivity contribution is -0.0348. The van der Waals surface area contributed by atoms with Gasteiger partial charge in [0.25, 0.3) is 0 Å². The van der Waals surface area contributed by atoms with Crippen LogP contribution in [0, 0.1) is 0 Å². The number of aliphatic hydroxyl groups excluding tert-OH is 2. The van der Waals surface area contributed by atoms with Gasteiger partial charge in [-0.2, -0.15) is 0 Å². The summed E-state index contributed by atoms with van der Waals surface area (Å²) in [4.78, 5) is 12.3. The lowest BCUT2D eigenvalue weighted by Crippen LogP contribution is -2.42. The number of nitrogens with two attached hydrogens (primary N) is 3. The van der Waals surface area contributed by atoms with Crippen molar-refractivity contribution in [3.8, 4) is 0 Å². The number of nitrogens with zero attached hydrogens (tertiary/aromatic N) is 4. The second-order valence-electron chi connectivity index (χ2n) is 8.16. The molecule has 2 aromatic heterocycles. The molecule has 1 saturated heterocycles. The van der Waals surface area contributed by atoms with Crippen molar-refractivity contribution in [2.45, 2.75) is 75.5 Å². The molecule has 1 aliphatic rings. The Morgan fingerprint density at radius 3 is 2.55 bits per heavy atom. The van der Waals surface area contributed by atoms with Crippen LogP contribution in [-0.2, 0) is 4.74 Å². The van der Waals surface area contributed by atoms with E-state index in [0.717, 1.165) is 32.2 Å². The SMILES string of the molecule is NCCCCCCCC(CCN)NC[C@H]1O[C@@H](n2cnc3c(N)ncnc32)[C@H](O)[C@@H]1O. The Kier molecular flexibility index (Phi) is 8.93. The molecule has 0 aliphatic carbocycles. The van der Waals surface area contributed by atoms with Crippen molar-refractivity contribution < 1.29 is 14.9 Å².